The number of carbonyl (C=O) groups excluding carboxylic acids is 1. The highest BCUT2D eigenvalue weighted by molar-refractivity contribution is 5.95. The molecule has 6 heteroatoms. The Labute approximate surface area is 202 Å². The summed E-state index contributed by atoms with van der Waals surface area (Å²) in [6, 6.07) is 0. The van der Waals surface area contributed by atoms with Crippen molar-refractivity contribution in [1.29, 1.82) is 0 Å². The van der Waals surface area contributed by atoms with Gasteiger partial charge >= 0.3 is 0 Å². The van der Waals surface area contributed by atoms with Crippen molar-refractivity contribution in [1.82, 2.24) is 15.1 Å². The Morgan fingerprint density at radius 3 is 2.18 bits per heavy atom. The third kappa shape index (κ3) is 13.0. The van der Waals surface area contributed by atoms with Crippen molar-refractivity contribution in [2.24, 2.45) is 9.98 Å². The largest absolute Gasteiger partial charge is 0.368 e. The van der Waals surface area contributed by atoms with Crippen molar-refractivity contribution >= 4 is 18.0 Å². The summed E-state index contributed by atoms with van der Waals surface area (Å²) in [7, 11) is 0. The van der Waals surface area contributed by atoms with Gasteiger partial charge in [0, 0.05) is 42.8 Å². The van der Waals surface area contributed by atoms with Crippen LogP contribution in [0.25, 0.3) is 0 Å². The van der Waals surface area contributed by atoms with Gasteiger partial charge in [0.2, 0.25) is 5.96 Å². The van der Waals surface area contributed by atoms with Crippen molar-refractivity contribution < 1.29 is 4.79 Å². The minimum Gasteiger partial charge on any atom is -0.368 e. The van der Waals surface area contributed by atoms with Crippen LogP contribution in [0, 0.1) is 0 Å². The third-order valence-corrected chi connectivity index (χ3v) is 5.35. The van der Waals surface area contributed by atoms with E-state index in [0.29, 0.717) is 11.5 Å². The normalized spacial score (nSPS) is 13.7. The van der Waals surface area contributed by atoms with Gasteiger partial charge in [-0.1, -0.05) is 33.4 Å². The molecule has 0 aliphatic carbocycles. The number of ketones is 1. The maximum absolute atomic E-state index is 11.5. The monoisotopic (exact) mass is 457 g/mol. The minimum absolute atomic E-state index is 0.0140. The van der Waals surface area contributed by atoms with Crippen molar-refractivity contribution in [3.63, 3.8) is 0 Å². The smallest absolute Gasteiger partial charge is 0.221 e. The van der Waals surface area contributed by atoms with Crippen molar-refractivity contribution in [3.05, 3.63) is 47.3 Å². The molecule has 0 aromatic heterocycles. The lowest BCUT2D eigenvalue weighted by molar-refractivity contribution is -0.113. The molecule has 0 saturated heterocycles. The number of rotatable bonds is 15. The van der Waals surface area contributed by atoms with Crippen LogP contribution < -0.4 is 5.32 Å². The molecule has 0 aromatic rings. The quantitative estimate of drug-likeness (QED) is 0.155. The van der Waals surface area contributed by atoms with Crippen molar-refractivity contribution in [2.45, 2.75) is 68.2 Å². The lowest BCUT2D eigenvalue weighted by atomic mass is 10.1. The second-order valence-corrected chi connectivity index (χ2v) is 8.11. The average Bonchev–Trinajstić information content (AvgIpc) is 2.78. The van der Waals surface area contributed by atoms with Gasteiger partial charge in [0.25, 0.3) is 0 Å². The number of carbonyl (C=O) groups is 1. The second-order valence-electron chi connectivity index (χ2n) is 8.11. The molecule has 0 heterocycles. The standard InChI is InChI=1S/C27H47N5O/c1-10-18-31(14-5)20-17-29-27(28-13-4)30-24(8)23(7)21-32(19-11-2)26(12-3)16-15-22(6)25(9)33/h12-13,15-16H,6,10-11,14,17-21H2,1-5,7-9H3,(H,29,30)/b16-15-,24-23+,26-12+,28-13-. The molecule has 186 valence electrons. The van der Waals surface area contributed by atoms with Crippen molar-refractivity contribution in [3.8, 4) is 0 Å². The van der Waals surface area contributed by atoms with E-state index in [-0.39, 0.29) is 5.78 Å². The molecule has 0 bridgehead atoms. The van der Waals surface area contributed by atoms with E-state index in [2.05, 4.69) is 67.4 Å². The highest BCUT2D eigenvalue weighted by Gasteiger charge is 2.10. The molecule has 33 heavy (non-hydrogen) atoms. The average molecular weight is 458 g/mol. The van der Waals surface area contributed by atoms with E-state index >= 15 is 0 Å². The van der Waals surface area contributed by atoms with Gasteiger partial charge in [0.15, 0.2) is 5.78 Å². The predicted octanol–water partition coefficient (Wildman–Crippen LogP) is 5.37. The van der Waals surface area contributed by atoms with E-state index in [1.807, 2.05) is 19.9 Å². The molecule has 0 fully saturated rings. The number of aliphatic imine (C=N–C) groups is 2. The maximum Gasteiger partial charge on any atom is 0.221 e. The number of hydrogen-bond donors (Lipinski definition) is 1. The summed E-state index contributed by atoms with van der Waals surface area (Å²) in [6.45, 7) is 25.5. The van der Waals surface area contributed by atoms with Crippen LogP contribution in [0.1, 0.15) is 68.2 Å². The van der Waals surface area contributed by atoms with Crippen LogP contribution in [0.15, 0.2) is 57.3 Å². The fraction of sp³-hybridized carbons (Fsp3) is 0.593. The summed E-state index contributed by atoms with van der Waals surface area (Å²) in [6.07, 6.45) is 9.78. The van der Waals surface area contributed by atoms with Crippen LogP contribution >= 0.6 is 0 Å². The van der Waals surface area contributed by atoms with E-state index in [1.54, 1.807) is 12.3 Å². The number of nitrogens with one attached hydrogen (secondary N) is 1. The fourth-order valence-electron chi connectivity index (χ4n) is 3.21. The Hall–Kier alpha value is -2.47. The Morgan fingerprint density at radius 1 is 1.00 bits per heavy atom. The molecule has 0 rings (SSSR count). The topological polar surface area (TPSA) is 60.3 Å². The van der Waals surface area contributed by atoms with Crippen LogP contribution in [0.3, 0.4) is 0 Å². The van der Waals surface area contributed by atoms with Crippen LogP contribution in [0.5, 0.6) is 0 Å². The molecule has 0 atom stereocenters. The zero-order valence-corrected chi connectivity index (χ0v) is 22.4. The molecule has 0 aromatic carbocycles. The van der Waals surface area contributed by atoms with Gasteiger partial charge in [-0.25, -0.2) is 9.98 Å². The highest BCUT2D eigenvalue weighted by atomic mass is 16.1. The SMILES string of the molecule is C=C(/C=C\C(=C/C)N(CCC)C/C(C)=C(\C)NC(=NCCN(CC)CCC)/N=C\C)C(C)=O. The molecule has 6 nitrogen and oxygen atoms in total. The summed E-state index contributed by atoms with van der Waals surface area (Å²) in [4.78, 5) is 25.3. The van der Waals surface area contributed by atoms with Gasteiger partial charge in [-0.3, -0.25) is 4.79 Å². The fourth-order valence-corrected chi connectivity index (χ4v) is 3.21. The molecule has 0 spiro atoms. The Bertz CT molecular complexity index is 758. The number of likely N-dealkylation sites (N-methyl/N-ethyl adjacent to an activating group) is 1. The summed E-state index contributed by atoms with van der Waals surface area (Å²) in [5.41, 5.74) is 3.84. The van der Waals surface area contributed by atoms with Gasteiger partial charge in [-0.2, -0.15) is 0 Å². The number of guanidine groups is 1. The van der Waals surface area contributed by atoms with Gasteiger partial charge < -0.3 is 15.1 Å². The predicted molar refractivity (Wildman–Crippen MR) is 145 cm³/mol. The van der Waals surface area contributed by atoms with E-state index in [1.165, 1.54) is 12.5 Å². The summed E-state index contributed by atoms with van der Waals surface area (Å²) < 4.78 is 0. The zero-order chi connectivity index (χ0) is 25.2. The Morgan fingerprint density at radius 2 is 1.67 bits per heavy atom. The third-order valence-electron chi connectivity index (χ3n) is 5.35. The molecule has 1 N–H and O–H groups in total. The van der Waals surface area contributed by atoms with Gasteiger partial charge in [-0.05, 0) is 78.3 Å². The summed E-state index contributed by atoms with van der Waals surface area (Å²) in [5.74, 6) is 0.632. The minimum atomic E-state index is -0.0140. The van der Waals surface area contributed by atoms with Crippen LogP contribution in [0.2, 0.25) is 0 Å². The summed E-state index contributed by atoms with van der Waals surface area (Å²) in [5, 5.41) is 3.40. The molecule has 0 aliphatic rings. The van der Waals surface area contributed by atoms with Crippen LogP contribution in [-0.2, 0) is 4.79 Å². The first-order valence-electron chi connectivity index (χ1n) is 12.2. The lowest BCUT2D eigenvalue weighted by Gasteiger charge is -2.27. The second kappa shape index (κ2) is 18.0. The van der Waals surface area contributed by atoms with Gasteiger partial charge in [-0.15, -0.1) is 0 Å². The Kier molecular flexibility index (Phi) is 16.7. The molecular formula is C27H47N5O. The number of nitrogens with zero attached hydrogens (tertiary/aromatic N) is 4. The van der Waals surface area contributed by atoms with Gasteiger partial charge in [0.05, 0.1) is 6.54 Å². The lowest BCUT2D eigenvalue weighted by Crippen LogP contribution is -2.29. The number of Topliss-reactive ketones (excluding diaryl/α,β-unsaturated/α-hetero) is 1. The first-order valence-corrected chi connectivity index (χ1v) is 12.2. The van der Waals surface area contributed by atoms with Crippen LogP contribution in [-0.4, -0.2) is 67.0 Å². The molecule has 0 radical (unpaired) electrons. The first-order chi connectivity index (χ1) is 15.7. The van der Waals surface area contributed by atoms with Crippen LogP contribution in [0.4, 0.5) is 0 Å². The molecule has 0 amide bonds. The molecule has 0 unspecified atom stereocenters. The van der Waals surface area contributed by atoms with Crippen molar-refractivity contribution in [2.75, 3.05) is 39.3 Å². The van der Waals surface area contributed by atoms with E-state index in [9.17, 15) is 4.79 Å². The number of allylic oxidation sites excluding steroid dienone is 5. The zero-order valence-electron chi connectivity index (χ0n) is 22.4. The Balaban J connectivity index is 5.43. The molecular weight excluding hydrogens is 410 g/mol. The molecule has 0 aliphatic heterocycles. The van der Waals surface area contributed by atoms with E-state index in [0.717, 1.165) is 63.5 Å². The first kappa shape index (κ1) is 30.5. The van der Waals surface area contributed by atoms with Gasteiger partial charge in [0.1, 0.15) is 0 Å². The van der Waals surface area contributed by atoms with E-state index in [4.69, 9.17) is 4.99 Å². The highest BCUT2D eigenvalue weighted by Crippen LogP contribution is 2.13. The summed E-state index contributed by atoms with van der Waals surface area (Å²) >= 11 is 0. The maximum atomic E-state index is 11.5. The van der Waals surface area contributed by atoms with E-state index < -0.39 is 0 Å². The number of hydrogen-bond acceptors (Lipinski definition) is 4. The molecule has 0 saturated carbocycles.